The van der Waals surface area contributed by atoms with E-state index in [-0.39, 0.29) is 0 Å². The van der Waals surface area contributed by atoms with Crippen molar-refractivity contribution in [2.24, 2.45) is 0 Å². The van der Waals surface area contributed by atoms with Crippen LogP contribution < -0.4 is 9.83 Å². The Morgan fingerprint density at radius 3 is 2.52 bits per heavy atom. The monoisotopic (exact) mass is 337 g/mol. The summed E-state index contributed by atoms with van der Waals surface area (Å²) in [5.41, 5.74) is 0.469. The van der Waals surface area contributed by atoms with E-state index in [2.05, 4.69) is 0 Å². The van der Waals surface area contributed by atoms with Gasteiger partial charge in [-0.15, -0.1) is 0 Å². The molecule has 0 radical (unpaired) electrons. The smallest absolute Gasteiger partial charge is 0.269 e. The predicted octanol–water partition coefficient (Wildman–Crippen LogP) is 4.26. The van der Waals surface area contributed by atoms with Gasteiger partial charge in [-0.2, -0.15) is 5.26 Å². The van der Waals surface area contributed by atoms with Gasteiger partial charge in [0.05, 0.1) is 23.3 Å². The molecule has 21 heavy (non-hydrogen) atoms. The minimum atomic E-state index is -2.68. The Hall–Kier alpha value is -1.37. The number of rotatable bonds is 5. The lowest BCUT2D eigenvalue weighted by atomic mass is 10.2. The fourth-order valence-electron chi connectivity index (χ4n) is 1.71. The highest BCUT2D eigenvalue weighted by Crippen LogP contribution is 2.49. The highest BCUT2D eigenvalue weighted by atomic mass is 35.5. The van der Waals surface area contributed by atoms with Crippen molar-refractivity contribution in [3.05, 3.63) is 59.1 Å². The molecule has 0 aliphatic rings. The average Bonchev–Trinajstić information content (AvgIpc) is 2.50. The molecule has 2 aromatic rings. The van der Waals surface area contributed by atoms with Gasteiger partial charge in [-0.25, -0.2) is 0 Å². The lowest BCUT2D eigenvalue weighted by Crippen LogP contribution is -2.12. The molecule has 0 aromatic heterocycles. The zero-order valence-corrected chi connectivity index (χ0v) is 13.8. The minimum Gasteiger partial charge on any atom is -0.439 e. The Morgan fingerprint density at radius 2 is 1.95 bits per heavy atom. The molecule has 0 amide bonds. The van der Waals surface area contributed by atoms with Gasteiger partial charge in [0.15, 0.2) is 0 Å². The Morgan fingerprint density at radius 1 is 1.24 bits per heavy atom. The third-order valence-corrected chi connectivity index (χ3v) is 6.08. The second-order valence-electron chi connectivity index (χ2n) is 4.10. The van der Waals surface area contributed by atoms with E-state index in [0.717, 1.165) is 5.30 Å². The van der Waals surface area contributed by atoms with Crippen LogP contribution in [0, 0.1) is 11.3 Å². The van der Waals surface area contributed by atoms with Crippen LogP contribution in [0.5, 0.6) is 5.75 Å². The molecule has 2 aromatic carbocycles. The van der Waals surface area contributed by atoms with Crippen molar-refractivity contribution in [2.45, 2.75) is 6.92 Å². The van der Waals surface area contributed by atoms with Gasteiger partial charge in [0, 0.05) is 5.30 Å². The van der Waals surface area contributed by atoms with Crippen molar-refractivity contribution < 1.29 is 9.05 Å². The van der Waals surface area contributed by atoms with Gasteiger partial charge in [0.2, 0.25) is 0 Å². The summed E-state index contributed by atoms with van der Waals surface area (Å²) in [5, 5.41) is 10.0. The van der Waals surface area contributed by atoms with E-state index < -0.39 is 6.49 Å². The van der Waals surface area contributed by atoms with Crippen LogP contribution in [0.1, 0.15) is 12.5 Å². The van der Waals surface area contributed by atoms with Crippen molar-refractivity contribution in [1.82, 2.24) is 0 Å². The lowest BCUT2D eigenvalue weighted by Gasteiger charge is -2.23. The molecule has 1 atom stereocenters. The number of nitrogens with zero attached hydrogens (tertiary/aromatic N) is 1. The molecule has 0 saturated carbocycles. The summed E-state index contributed by atoms with van der Waals surface area (Å²) in [7, 11) is 0. The van der Waals surface area contributed by atoms with Crippen LogP contribution in [0.15, 0.2) is 48.5 Å². The fourth-order valence-corrected chi connectivity index (χ4v) is 4.51. The van der Waals surface area contributed by atoms with E-state index in [1.807, 2.05) is 43.3 Å². The normalized spacial score (nSPS) is 13.2. The van der Waals surface area contributed by atoms with Crippen molar-refractivity contribution in [3.8, 4) is 11.8 Å². The highest BCUT2D eigenvalue weighted by Gasteiger charge is 2.24. The summed E-state index contributed by atoms with van der Waals surface area (Å²) in [5.74, 6) is 0.427. The van der Waals surface area contributed by atoms with E-state index in [1.165, 1.54) is 0 Å². The zero-order valence-electron chi connectivity index (χ0n) is 11.3. The summed E-state index contributed by atoms with van der Waals surface area (Å²) in [4.78, 5) is 0. The molecular weight excluding hydrogens is 325 g/mol. The highest BCUT2D eigenvalue weighted by molar-refractivity contribution is 8.13. The summed E-state index contributed by atoms with van der Waals surface area (Å²) in [6, 6.07) is 16.3. The van der Waals surface area contributed by atoms with Gasteiger partial charge >= 0.3 is 0 Å². The first-order chi connectivity index (χ1) is 10.1. The minimum absolute atomic E-state index is 0.346. The summed E-state index contributed by atoms with van der Waals surface area (Å²) in [6.07, 6.45) is 0. The fraction of sp³-hybridized carbons (Fsp3) is 0.133. The van der Waals surface area contributed by atoms with E-state index in [4.69, 9.17) is 37.7 Å². The van der Waals surface area contributed by atoms with Crippen LogP contribution in [0.25, 0.3) is 0 Å². The van der Waals surface area contributed by atoms with Crippen molar-refractivity contribution in [1.29, 1.82) is 5.26 Å². The number of nitriles is 1. The number of hydrogen-bond acceptors (Lipinski definition) is 4. The number of benzene rings is 2. The Kier molecular flexibility index (Phi) is 5.39. The average molecular weight is 338 g/mol. The second-order valence-corrected chi connectivity index (χ2v) is 7.90. The van der Waals surface area contributed by atoms with Crippen LogP contribution in [-0.2, 0) is 16.3 Å². The second kappa shape index (κ2) is 7.06. The van der Waals surface area contributed by atoms with Gasteiger partial charge < -0.3 is 9.05 Å². The van der Waals surface area contributed by atoms with Crippen LogP contribution in [0.3, 0.4) is 0 Å². The zero-order chi connectivity index (χ0) is 15.3. The standard InChI is InChI=1S/C15H13ClNO2PS/c1-2-18-20(21,13-6-4-3-5-7-13)19-15-9-8-12(11-17)10-14(15)16/h3-10H,2H2,1H3. The van der Waals surface area contributed by atoms with Gasteiger partial charge in [0.1, 0.15) is 5.75 Å². The molecule has 0 saturated heterocycles. The molecule has 3 nitrogen and oxygen atoms in total. The molecule has 0 bridgehead atoms. The molecule has 108 valence electrons. The molecule has 2 rings (SSSR count). The van der Waals surface area contributed by atoms with E-state index in [9.17, 15) is 0 Å². The maximum absolute atomic E-state index is 8.86. The molecular formula is C15H13ClNO2PS. The molecule has 0 spiro atoms. The first-order valence-electron chi connectivity index (χ1n) is 6.28. The summed E-state index contributed by atoms with van der Waals surface area (Å²) >= 11 is 11.8. The Bertz CT molecular complexity index is 715. The van der Waals surface area contributed by atoms with Crippen molar-refractivity contribution in [2.75, 3.05) is 6.61 Å². The summed E-state index contributed by atoms with van der Waals surface area (Å²) in [6.45, 7) is -0.365. The van der Waals surface area contributed by atoms with Gasteiger partial charge in [0.25, 0.3) is 6.49 Å². The Labute approximate surface area is 134 Å². The topological polar surface area (TPSA) is 42.2 Å². The SMILES string of the molecule is CCOP(=S)(Oc1ccc(C#N)cc1Cl)c1ccccc1. The van der Waals surface area contributed by atoms with Gasteiger partial charge in [-0.1, -0.05) is 29.8 Å². The number of hydrogen-bond donors (Lipinski definition) is 0. The first-order valence-corrected chi connectivity index (χ1v) is 9.30. The van der Waals surface area contributed by atoms with Gasteiger partial charge in [-0.05, 0) is 49.1 Å². The first kappa shape index (κ1) is 16.0. The third-order valence-electron chi connectivity index (χ3n) is 2.65. The maximum Gasteiger partial charge on any atom is 0.269 e. The van der Waals surface area contributed by atoms with Crippen LogP contribution in [0.2, 0.25) is 5.02 Å². The maximum atomic E-state index is 8.86. The quantitative estimate of drug-likeness (QED) is 0.764. The molecule has 0 heterocycles. The Balaban J connectivity index is 2.38. The van der Waals surface area contributed by atoms with E-state index >= 15 is 0 Å². The number of halogens is 1. The van der Waals surface area contributed by atoms with Crippen LogP contribution in [0.4, 0.5) is 0 Å². The molecule has 0 fully saturated rings. The lowest BCUT2D eigenvalue weighted by molar-refractivity contribution is 0.339. The largest absolute Gasteiger partial charge is 0.439 e. The molecule has 1 unspecified atom stereocenters. The van der Waals surface area contributed by atoms with E-state index in [0.29, 0.717) is 22.9 Å². The molecule has 0 N–H and O–H groups in total. The molecule has 6 heteroatoms. The van der Waals surface area contributed by atoms with Crippen molar-refractivity contribution >= 4 is 35.2 Å². The van der Waals surface area contributed by atoms with Gasteiger partial charge in [-0.3, -0.25) is 0 Å². The van der Waals surface area contributed by atoms with E-state index in [1.54, 1.807) is 18.2 Å². The van der Waals surface area contributed by atoms with Crippen LogP contribution >= 0.6 is 18.1 Å². The van der Waals surface area contributed by atoms with Crippen LogP contribution in [-0.4, -0.2) is 6.61 Å². The summed E-state index contributed by atoms with van der Waals surface area (Å²) < 4.78 is 11.6. The third kappa shape index (κ3) is 3.84. The van der Waals surface area contributed by atoms with Crippen molar-refractivity contribution in [3.63, 3.8) is 0 Å². The predicted molar refractivity (Wildman–Crippen MR) is 88.8 cm³/mol. The molecule has 0 aliphatic heterocycles. The molecule has 0 aliphatic carbocycles.